The van der Waals surface area contributed by atoms with E-state index in [2.05, 4.69) is 15.4 Å². The lowest BCUT2D eigenvalue weighted by molar-refractivity contribution is -0.143. The molecule has 12 nitrogen and oxygen atoms in total. The Morgan fingerprint density at radius 2 is 1.51 bits per heavy atom. The summed E-state index contributed by atoms with van der Waals surface area (Å²) in [5.41, 5.74) is -2.46. The zero-order valence-electron chi connectivity index (χ0n) is 28.6. The Labute approximate surface area is 301 Å². The van der Waals surface area contributed by atoms with Gasteiger partial charge in [-0.2, -0.15) is 0 Å². The maximum absolute atomic E-state index is 14.4. The maximum Gasteiger partial charge on any atom is 0.408 e. The first-order chi connectivity index (χ1) is 22.7. The quantitative estimate of drug-likeness (QED) is 0.219. The van der Waals surface area contributed by atoms with Crippen molar-refractivity contribution in [2.45, 2.75) is 105 Å². The SMILES string of the molecule is CC(C)(C)OC(=O)NC(C(=O)N1C[C@](O)(c2ccc(-c3ccccc3)cc2)C[C@H]1C(=O)N[C@]1(C(=O)NS(=O)(=O)C2CC2)C[C@H]1I)C(C)(C)C. The van der Waals surface area contributed by atoms with Crippen LogP contribution in [0.3, 0.4) is 0 Å². The largest absolute Gasteiger partial charge is 0.444 e. The topological polar surface area (TPSA) is 171 Å². The number of sulfonamides is 1. The molecule has 3 fully saturated rings. The number of carbonyl (C=O) groups is 4. The third-order valence-electron chi connectivity index (χ3n) is 9.05. The lowest BCUT2D eigenvalue weighted by atomic mass is 9.85. The zero-order valence-corrected chi connectivity index (χ0v) is 31.6. The number of likely N-dealkylation sites (tertiary alicyclic amines) is 1. The van der Waals surface area contributed by atoms with Gasteiger partial charge >= 0.3 is 6.09 Å². The van der Waals surface area contributed by atoms with Gasteiger partial charge in [0.15, 0.2) is 0 Å². The number of alkyl carbamates (subject to hydrolysis) is 1. The van der Waals surface area contributed by atoms with Crippen molar-refractivity contribution in [3.05, 3.63) is 60.2 Å². The van der Waals surface area contributed by atoms with Gasteiger partial charge in [0.1, 0.15) is 28.8 Å². The minimum Gasteiger partial charge on any atom is -0.444 e. The number of hydrogen-bond acceptors (Lipinski definition) is 8. The first-order valence-electron chi connectivity index (χ1n) is 16.4. The number of nitrogens with zero attached hydrogens (tertiary/aromatic N) is 1. The zero-order chi connectivity index (χ0) is 36.2. The Morgan fingerprint density at radius 3 is 2.02 bits per heavy atom. The van der Waals surface area contributed by atoms with Gasteiger partial charge in [-0.1, -0.05) is 98.0 Å². The standard InChI is InChI=1S/C35H45IN4O8S/c1-32(2,3)27(37-31(44)48-33(4,5)6)29(42)40-20-34(45,23-14-12-22(13-15-23)21-10-8-7-9-11-21)18-25(40)28(41)38-35(19-26(35)36)30(43)39-49(46,47)24-16-17-24/h7-15,24-27,45H,16-20H2,1-6H3,(H,37,44)(H,38,41)(H,39,43)/t25-,26+,27?,34-,35+/m0/s1. The van der Waals surface area contributed by atoms with Crippen LogP contribution in [0.1, 0.15) is 72.8 Å². The normalized spacial score (nSPS) is 26.0. The molecule has 4 amide bonds. The van der Waals surface area contributed by atoms with Crippen LogP contribution in [-0.2, 0) is 34.7 Å². The van der Waals surface area contributed by atoms with E-state index < -0.39 is 77.3 Å². The summed E-state index contributed by atoms with van der Waals surface area (Å²) in [5, 5.41) is 16.9. The van der Waals surface area contributed by atoms with E-state index >= 15 is 0 Å². The van der Waals surface area contributed by atoms with E-state index in [1.54, 1.807) is 53.7 Å². The summed E-state index contributed by atoms with van der Waals surface area (Å²) in [6, 6.07) is 14.5. The molecule has 0 aromatic heterocycles. The van der Waals surface area contributed by atoms with Gasteiger partial charge < -0.3 is 25.4 Å². The highest BCUT2D eigenvalue weighted by Gasteiger charge is 2.63. The number of carbonyl (C=O) groups excluding carboxylic acids is 4. The third-order valence-corrected chi connectivity index (χ3v) is 12.4. The highest BCUT2D eigenvalue weighted by Crippen LogP contribution is 2.45. The van der Waals surface area contributed by atoms with Crippen LogP contribution in [0.2, 0.25) is 0 Å². The van der Waals surface area contributed by atoms with Crippen LogP contribution in [0.5, 0.6) is 0 Å². The van der Waals surface area contributed by atoms with Crippen LogP contribution in [-0.4, -0.2) is 81.2 Å². The van der Waals surface area contributed by atoms with E-state index in [1.165, 1.54) is 4.90 Å². The number of amides is 4. The third kappa shape index (κ3) is 8.22. The average Bonchev–Trinajstić information content (AvgIpc) is 3.93. The minimum absolute atomic E-state index is 0.196. The Morgan fingerprint density at radius 1 is 0.939 bits per heavy atom. The smallest absolute Gasteiger partial charge is 0.408 e. The lowest BCUT2D eigenvalue weighted by Crippen LogP contribution is -2.60. The van der Waals surface area contributed by atoms with Crippen LogP contribution >= 0.6 is 22.6 Å². The number of aliphatic hydroxyl groups is 1. The molecule has 1 saturated heterocycles. The molecule has 49 heavy (non-hydrogen) atoms. The predicted molar refractivity (Wildman–Crippen MR) is 192 cm³/mol. The van der Waals surface area contributed by atoms with Gasteiger partial charge in [-0.05, 0) is 62.1 Å². The highest BCUT2D eigenvalue weighted by atomic mass is 127. The van der Waals surface area contributed by atoms with E-state index in [4.69, 9.17) is 4.74 Å². The highest BCUT2D eigenvalue weighted by molar-refractivity contribution is 14.1. The fraction of sp³-hybridized carbons (Fsp3) is 0.543. The molecular weight excluding hydrogens is 763 g/mol. The number of hydrogen-bond donors (Lipinski definition) is 4. The number of benzene rings is 2. The molecule has 2 saturated carbocycles. The predicted octanol–water partition coefficient (Wildman–Crippen LogP) is 3.75. The fourth-order valence-electron chi connectivity index (χ4n) is 6.03. The number of nitrogens with one attached hydrogen (secondary N) is 3. The molecule has 2 aromatic carbocycles. The molecule has 1 aliphatic heterocycles. The Hall–Kier alpha value is -3.24. The summed E-state index contributed by atoms with van der Waals surface area (Å²) < 4.78 is 32.4. The molecule has 14 heteroatoms. The maximum atomic E-state index is 14.4. The second kappa shape index (κ2) is 13.1. The summed E-state index contributed by atoms with van der Waals surface area (Å²) in [4.78, 5) is 56.0. The van der Waals surface area contributed by atoms with Crippen molar-refractivity contribution in [3.8, 4) is 11.1 Å². The second-order valence-corrected chi connectivity index (χ2v) is 18.9. The molecule has 5 rings (SSSR count). The van der Waals surface area contributed by atoms with E-state index in [1.807, 2.05) is 65.1 Å². The molecular formula is C35H45IN4O8S. The molecule has 0 radical (unpaired) electrons. The number of ether oxygens (including phenoxy) is 1. The van der Waals surface area contributed by atoms with Gasteiger partial charge in [-0.3, -0.25) is 19.1 Å². The second-order valence-electron chi connectivity index (χ2n) is 15.4. The summed E-state index contributed by atoms with van der Waals surface area (Å²) in [6.45, 7) is 10.1. The first-order valence-corrected chi connectivity index (χ1v) is 19.1. The molecule has 2 aliphatic carbocycles. The molecule has 2 aromatic rings. The number of rotatable bonds is 9. The van der Waals surface area contributed by atoms with Gasteiger partial charge in [0.2, 0.25) is 21.8 Å². The molecule has 0 bridgehead atoms. The monoisotopic (exact) mass is 808 g/mol. The van der Waals surface area contributed by atoms with E-state index in [0.29, 0.717) is 18.4 Å². The summed E-state index contributed by atoms with van der Waals surface area (Å²) in [6.07, 6.45) is 0.105. The van der Waals surface area contributed by atoms with Gasteiger partial charge in [-0.25, -0.2) is 13.2 Å². The number of β-amino-alcohol motifs (C(OH)–C–C–N with tert-alkyl or cyclic N) is 1. The van der Waals surface area contributed by atoms with Crippen molar-refractivity contribution in [2.75, 3.05) is 6.54 Å². The van der Waals surface area contributed by atoms with Crippen LogP contribution in [0.4, 0.5) is 4.79 Å². The summed E-state index contributed by atoms with van der Waals surface area (Å²) in [7, 11) is -3.87. The van der Waals surface area contributed by atoms with E-state index in [9.17, 15) is 32.7 Å². The minimum atomic E-state index is -3.87. The van der Waals surface area contributed by atoms with E-state index in [-0.39, 0.29) is 19.4 Å². The average molecular weight is 809 g/mol. The molecule has 5 atom stereocenters. The number of halogens is 1. The van der Waals surface area contributed by atoms with Crippen molar-refractivity contribution in [3.63, 3.8) is 0 Å². The van der Waals surface area contributed by atoms with Crippen molar-refractivity contribution in [1.82, 2.24) is 20.3 Å². The lowest BCUT2D eigenvalue weighted by Gasteiger charge is -2.36. The van der Waals surface area contributed by atoms with Gasteiger partial charge in [0, 0.05) is 10.3 Å². The first kappa shape index (κ1) is 37.0. The van der Waals surface area contributed by atoms with E-state index in [0.717, 1.165) is 11.1 Å². The fourth-order valence-corrected chi connectivity index (χ4v) is 8.53. The van der Waals surface area contributed by atoms with Crippen LogP contribution < -0.4 is 15.4 Å². The van der Waals surface area contributed by atoms with Crippen molar-refractivity contribution >= 4 is 56.4 Å². The number of alkyl halides is 1. The van der Waals surface area contributed by atoms with Gasteiger partial charge in [0.25, 0.3) is 5.91 Å². The van der Waals surface area contributed by atoms with Crippen molar-refractivity contribution in [1.29, 1.82) is 0 Å². The van der Waals surface area contributed by atoms with Crippen LogP contribution in [0.15, 0.2) is 54.6 Å². The van der Waals surface area contributed by atoms with Crippen LogP contribution in [0.25, 0.3) is 11.1 Å². The van der Waals surface area contributed by atoms with Gasteiger partial charge in [0.05, 0.1) is 11.8 Å². The summed E-state index contributed by atoms with van der Waals surface area (Å²) >= 11 is 1.99. The molecule has 1 heterocycles. The summed E-state index contributed by atoms with van der Waals surface area (Å²) in [5.74, 6) is -2.16. The Bertz CT molecular complexity index is 1720. The van der Waals surface area contributed by atoms with Crippen molar-refractivity contribution in [2.24, 2.45) is 5.41 Å². The molecule has 3 aliphatic rings. The molecule has 1 unspecified atom stereocenters. The molecule has 266 valence electrons. The van der Waals surface area contributed by atoms with Crippen molar-refractivity contribution < 1.29 is 37.4 Å². The molecule has 0 spiro atoms. The van der Waals surface area contributed by atoms with Gasteiger partial charge in [-0.15, -0.1) is 0 Å². The Kier molecular flexibility index (Phi) is 9.93. The van der Waals surface area contributed by atoms with Crippen LogP contribution in [0, 0.1) is 5.41 Å². The Balaban J connectivity index is 1.45. The molecule has 4 N–H and O–H groups in total.